The molecular weight excluding hydrogens is 310 g/mol. The van der Waals surface area contributed by atoms with Crippen molar-refractivity contribution in [2.24, 2.45) is 5.73 Å². The first-order chi connectivity index (χ1) is 8.49. The third-order valence-corrected chi connectivity index (χ3v) is 5.53. The normalized spacial score (nSPS) is 26.2. The van der Waals surface area contributed by atoms with Crippen molar-refractivity contribution in [2.75, 3.05) is 26.7 Å². The van der Waals surface area contributed by atoms with Gasteiger partial charge in [-0.1, -0.05) is 0 Å². The molecule has 2 N–H and O–H groups in total. The molecule has 0 aliphatic carbocycles. The van der Waals surface area contributed by atoms with Gasteiger partial charge in [0.1, 0.15) is 0 Å². The van der Waals surface area contributed by atoms with Crippen molar-refractivity contribution in [1.29, 1.82) is 0 Å². The fourth-order valence-electron chi connectivity index (χ4n) is 2.58. The minimum Gasteiger partial charge on any atom is -0.326 e. The van der Waals surface area contributed by atoms with Gasteiger partial charge in [0.25, 0.3) is 0 Å². The molecule has 3 atom stereocenters. The van der Waals surface area contributed by atoms with Crippen LogP contribution in [0.2, 0.25) is 0 Å². The molecule has 0 aromatic carbocycles. The Labute approximate surface area is 122 Å². The zero-order valence-electron chi connectivity index (χ0n) is 11.3. The van der Waals surface area contributed by atoms with Crippen LogP contribution in [0.4, 0.5) is 0 Å². The van der Waals surface area contributed by atoms with Crippen molar-refractivity contribution in [3.05, 3.63) is 20.8 Å². The summed E-state index contributed by atoms with van der Waals surface area (Å²) >= 11 is 5.34. The van der Waals surface area contributed by atoms with Gasteiger partial charge in [-0.25, -0.2) is 0 Å². The molecule has 3 unspecified atom stereocenters. The number of piperazine rings is 1. The molecule has 1 fully saturated rings. The Morgan fingerprint density at radius 3 is 2.72 bits per heavy atom. The average molecular weight is 332 g/mol. The largest absolute Gasteiger partial charge is 0.326 e. The Hall–Kier alpha value is 0.0600. The number of nitrogens with two attached hydrogens (primary N) is 1. The van der Waals surface area contributed by atoms with E-state index in [0.717, 1.165) is 24.1 Å². The fraction of sp³-hybridized carbons (Fsp3) is 0.692. The molecule has 0 spiro atoms. The standard InChI is InChI=1S/C13H22BrN3S/c1-9-7-17(5-4-16(9)3)13(10(2)15)12-6-11(14)8-18-12/h6,8-10,13H,4-5,7,15H2,1-3H3. The van der Waals surface area contributed by atoms with Crippen LogP contribution in [0.25, 0.3) is 0 Å². The topological polar surface area (TPSA) is 32.5 Å². The van der Waals surface area contributed by atoms with Gasteiger partial charge >= 0.3 is 0 Å². The van der Waals surface area contributed by atoms with E-state index >= 15 is 0 Å². The molecule has 1 aliphatic heterocycles. The second-order valence-electron chi connectivity index (χ2n) is 5.30. The molecule has 18 heavy (non-hydrogen) atoms. The molecule has 1 aliphatic rings. The number of halogens is 1. The highest BCUT2D eigenvalue weighted by Gasteiger charge is 2.30. The minimum atomic E-state index is 0.158. The predicted molar refractivity (Wildman–Crippen MR) is 82.1 cm³/mol. The van der Waals surface area contributed by atoms with Gasteiger partial charge in [-0.3, -0.25) is 4.90 Å². The average Bonchev–Trinajstić information content (AvgIpc) is 2.70. The lowest BCUT2D eigenvalue weighted by molar-refractivity contribution is 0.0651. The third kappa shape index (κ3) is 3.14. The molecule has 0 amide bonds. The van der Waals surface area contributed by atoms with Gasteiger partial charge < -0.3 is 10.6 Å². The van der Waals surface area contributed by atoms with Crippen molar-refractivity contribution in [3.63, 3.8) is 0 Å². The smallest absolute Gasteiger partial charge is 0.0592 e. The highest BCUT2D eigenvalue weighted by molar-refractivity contribution is 9.10. The third-order valence-electron chi connectivity index (χ3n) is 3.76. The summed E-state index contributed by atoms with van der Waals surface area (Å²) in [7, 11) is 2.20. The van der Waals surface area contributed by atoms with Crippen molar-refractivity contribution >= 4 is 27.3 Å². The van der Waals surface area contributed by atoms with Crippen LogP contribution in [0.3, 0.4) is 0 Å². The first kappa shape index (κ1) is 14.5. The summed E-state index contributed by atoms with van der Waals surface area (Å²) in [4.78, 5) is 6.32. The lowest BCUT2D eigenvalue weighted by atomic mass is 10.0. The van der Waals surface area contributed by atoms with E-state index in [1.54, 1.807) is 11.3 Å². The van der Waals surface area contributed by atoms with Crippen LogP contribution in [0, 0.1) is 0 Å². The molecule has 0 bridgehead atoms. The Morgan fingerprint density at radius 2 is 2.22 bits per heavy atom. The van der Waals surface area contributed by atoms with Gasteiger partial charge in [0.15, 0.2) is 0 Å². The molecule has 102 valence electrons. The number of hydrogen-bond donors (Lipinski definition) is 1. The first-order valence-electron chi connectivity index (χ1n) is 6.43. The lowest BCUT2D eigenvalue weighted by Crippen LogP contribution is -2.53. The van der Waals surface area contributed by atoms with Crippen LogP contribution in [0.5, 0.6) is 0 Å². The van der Waals surface area contributed by atoms with Crippen LogP contribution in [0.15, 0.2) is 15.9 Å². The molecule has 2 rings (SSSR count). The maximum atomic E-state index is 6.22. The second kappa shape index (κ2) is 6.01. The fourth-order valence-corrected chi connectivity index (χ4v) is 4.28. The summed E-state index contributed by atoms with van der Waals surface area (Å²) in [6, 6.07) is 3.31. The van der Waals surface area contributed by atoms with Crippen molar-refractivity contribution < 1.29 is 0 Å². The van der Waals surface area contributed by atoms with E-state index in [-0.39, 0.29) is 6.04 Å². The maximum Gasteiger partial charge on any atom is 0.0592 e. The lowest BCUT2D eigenvalue weighted by Gasteiger charge is -2.42. The van der Waals surface area contributed by atoms with Gasteiger partial charge in [0.05, 0.1) is 6.04 Å². The van der Waals surface area contributed by atoms with Crippen molar-refractivity contribution in [3.8, 4) is 0 Å². The Bertz CT molecular complexity index is 393. The molecule has 1 aromatic heterocycles. The van der Waals surface area contributed by atoms with Crippen molar-refractivity contribution in [2.45, 2.75) is 32.0 Å². The summed E-state index contributed by atoms with van der Waals surface area (Å²) in [5.41, 5.74) is 6.22. The summed E-state index contributed by atoms with van der Waals surface area (Å²) in [6.07, 6.45) is 0. The number of thiophene rings is 1. The molecular formula is C13H22BrN3S. The number of nitrogens with zero attached hydrogens (tertiary/aromatic N) is 2. The molecule has 0 radical (unpaired) electrons. The summed E-state index contributed by atoms with van der Waals surface area (Å²) < 4.78 is 1.16. The first-order valence-corrected chi connectivity index (χ1v) is 8.10. The van der Waals surface area contributed by atoms with E-state index in [2.05, 4.69) is 58.1 Å². The minimum absolute atomic E-state index is 0.158. The quantitative estimate of drug-likeness (QED) is 0.923. The summed E-state index contributed by atoms with van der Waals surface area (Å²) in [5, 5.41) is 2.14. The van der Waals surface area contributed by atoms with Gasteiger partial charge in [-0.2, -0.15) is 0 Å². The SMILES string of the molecule is CC(N)C(c1cc(Br)cs1)N1CCN(C)C(C)C1. The van der Waals surface area contributed by atoms with Gasteiger partial charge in [-0.15, -0.1) is 11.3 Å². The van der Waals surface area contributed by atoms with Crippen LogP contribution < -0.4 is 5.73 Å². The Balaban J connectivity index is 2.16. The van der Waals surface area contributed by atoms with E-state index in [4.69, 9.17) is 5.73 Å². The van der Waals surface area contributed by atoms with E-state index in [0.29, 0.717) is 12.1 Å². The Morgan fingerprint density at radius 1 is 1.50 bits per heavy atom. The summed E-state index contributed by atoms with van der Waals surface area (Å²) in [5.74, 6) is 0. The van der Waals surface area contributed by atoms with E-state index in [1.165, 1.54) is 4.88 Å². The zero-order chi connectivity index (χ0) is 13.3. The van der Waals surface area contributed by atoms with Crippen LogP contribution in [0.1, 0.15) is 24.8 Å². The molecule has 1 aromatic rings. The van der Waals surface area contributed by atoms with Crippen LogP contribution in [-0.4, -0.2) is 48.6 Å². The van der Waals surface area contributed by atoms with E-state index in [1.807, 2.05) is 0 Å². The molecule has 3 nitrogen and oxygen atoms in total. The molecule has 5 heteroatoms. The van der Waals surface area contributed by atoms with E-state index < -0.39 is 0 Å². The number of likely N-dealkylation sites (N-methyl/N-ethyl adjacent to an activating group) is 1. The highest BCUT2D eigenvalue weighted by Crippen LogP contribution is 2.32. The zero-order valence-corrected chi connectivity index (χ0v) is 13.7. The molecule has 2 heterocycles. The van der Waals surface area contributed by atoms with Crippen LogP contribution in [-0.2, 0) is 0 Å². The van der Waals surface area contributed by atoms with Gasteiger partial charge in [-0.05, 0) is 42.9 Å². The summed E-state index contributed by atoms with van der Waals surface area (Å²) in [6.45, 7) is 7.72. The second-order valence-corrected chi connectivity index (χ2v) is 7.15. The number of hydrogen-bond acceptors (Lipinski definition) is 4. The monoisotopic (exact) mass is 331 g/mol. The van der Waals surface area contributed by atoms with Gasteiger partial charge in [0.2, 0.25) is 0 Å². The maximum absolute atomic E-state index is 6.22. The van der Waals surface area contributed by atoms with Gasteiger partial charge in [0, 0.05) is 46.4 Å². The predicted octanol–water partition coefficient (Wildman–Crippen LogP) is 2.53. The highest BCUT2D eigenvalue weighted by atomic mass is 79.9. The van der Waals surface area contributed by atoms with E-state index in [9.17, 15) is 0 Å². The molecule has 0 saturated carbocycles. The van der Waals surface area contributed by atoms with Crippen LogP contribution >= 0.6 is 27.3 Å². The number of rotatable bonds is 3. The molecule has 1 saturated heterocycles. The van der Waals surface area contributed by atoms with Crippen molar-refractivity contribution in [1.82, 2.24) is 9.80 Å². The Kier molecular flexibility index (Phi) is 4.83.